The standard InChI is InChI=1S/C15H14N4O2/c1-9-2-5-14(21)12(17-9)7-19-13-4-3-10(8-20)6-11(13)18-15(19)16/h2-6,8,21H,7H2,1H3,(H2,16,18). The quantitative estimate of drug-likeness (QED) is 0.715. The first-order valence-corrected chi connectivity index (χ1v) is 6.45. The third kappa shape index (κ3) is 2.31. The summed E-state index contributed by atoms with van der Waals surface area (Å²) in [4.78, 5) is 19.4. The molecule has 21 heavy (non-hydrogen) atoms. The Morgan fingerprint density at radius 2 is 2.10 bits per heavy atom. The molecular weight excluding hydrogens is 268 g/mol. The van der Waals surface area contributed by atoms with Crippen LogP contribution in [0.4, 0.5) is 5.95 Å². The number of aryl methyl sites for hydroxylation is 1. The van der Waals surface area contributed by atoms with Gasteiger partial charge < -0.3 is 15.4 Å². The third-order valence-corrected chi connectivity index (χ3v) is 3.34. The van der Waals surface area contributed by atoms with Crippen LogP contribution < -0.4 is 5.73 Å². The van der Waals surface area contributed by atoms with Gasteiger partial charge in [0.25, 0.3) is 0 Å². The highest BCUT2D eigenvalue weighted by molar-refractivity contribution is 5.86. The number of nitrogens with two attached hydrogens (primary N) is 1. The number of nitrogen functional groups attached to an aromatic ring is 1. The summed E-state index contributed by atoms with van der Waals surface area (Å²) < 4.78 is 1.76. The molecule has 3 rings (SSSR count). The highest BCUT2D eigenvalue weighted by Crippen LogP contribution is 2.23. The highest BCUT2D eigenvalue weighted by Gasteiger charge is 2.12. The molecule has 106 valence electrons. The molecule has 3 aromatic rings. The molecule has 0 radical (unpaired) electrons. The van der Waals surface area contributed by atoms with Crippen LogP contribution in [0.5, 0.6) is 5.75 Å². The molecule has 1 aromatic carbocycles. The van der Waals surface area contributed by atoms with Gasteiger partial charge in [-0.05, 0) is 37.3 Å². The van der Waals surface area contributed by atoms with Crippen molar-refractivity contribution >= 4 is 23.3 Å². The van der Waals surface area contributed by atoms with Crippen molar-refractivity contribution in [2.45, 2.75) is 13.5 Å². The molecule has 0 aliphatic carbocycles. The van der Waals surface area contributed by atoms with Crippen molar-refractivity contribution in [2.24, 2.45) is 0 Å². The fourth-order valence-electron chi connectivity index (χ4n) is 2.27. The summed E-state index contributed by atoms with van der Waals surface area (Å²) in [6.45, 7) is 2.17. The number of aldehydes is 1. The Balaban J connectivity index is 2.10. The lowest BCUT2D eigenvalue weighted by atomic mass is 10.2. The maximum Gasteiger partial charge on any atom is 0.201 e. The van der Waals surface area contributed by atoms with Gasteiger partial charge in [0.15, 0.2) is 0 Å². The zero-order valence-corrected chi connectivity index (χ0v) is 11.4. The Morgan fingerprint density at radius 3 is 2.86 bits per heavy atom. The number of fused-ring (bicyclic) bond motifs is 1. The summed E-state index contributed by atoms with van der Waals surface area (Å²) in [5.74, 6) is 0.433. The van der Waals surface area contributed by atoms with Crippen LogP contribution in [0.2, 0.25) is 0 Å². The number of pyridine rings is 1. The minimum atomic E-state index is 0.117. The lowest BCUT2D eigenvalue weighted by molar-refractivity contribution is 0.112. The second kappa shape index (κ2) is 4.90. The van der Waals surface area contributed by atoms with E-state index in [9.17, 15) is 9.90 Å². The molecule has 0 amide bonds. The first-order valence-electron chi connectivity index (χ1n) is 6.45. The van der Waals surface area contributed by atoms with Gasteiger partial charge in [0.2, 0.25) is 5.95 Å². The Kier molecular flexibility index (Phi) is 3.06. The summed E-state index contributed by atoms with van der Waals surface area (Å²) in [6.07, 6.45) is 0.766. The smallest absolute Gasteiger partial charge is 0.201 e. The van der Waals surface area contributed by atoms with Crippen LogP contribution in [0.25, 0.3) is 11.0 Å². The van der Waals surface area contributed by atoms with Gasteiger partial charge in [-0.25, -0.2) is 4.98 Å². The zero-order valence-electron chi connectivity index (χ0n) is 11.4. The molecule has 0 saturated carbocycles. The number of aromatic nitrogens is 3. The normalized spacial score (nSPS) is 10.9. The number of anilines is 1. The van der Waals surface area contributed by atoms with Gasteiger partial charge in [-0.1, -0.05) is 0 Å². The van der Waals surface area contributed by atoms with Crippen molar-refractivity contribution in [1.82, 2.24) is 14.5 Å². The predicted octanol–water partition coefficient (Wildman–Crippen LogP) is 1.89. The van der Waals surface area contributed by atoms with Crippen LogP contribution >= 0.6 is 0 Å². The van der Waals surface area contributed by atoms with E-state index in [4.69, 9.17) is 5.73 Å². The number of hydrogen-bond acceptors (Lipinski definition) is 5. The van der Waals surface area contributed by atoms with Crippen LogP contribution in [-0.2, 0) is 6.54 Å². The number of nitrogens with zero attached hydrogens (tertiary/aromatic N) is 3. The molecule has 6 heteroatoms. The van der Waals surface area contributed by atoms with Crippen molar-refractivity contribution in [2.75, 3.05) is 5.73 Å². The number of aromatic hydroxyl groups is 1. The number of imidazole rings is 1. The van der Waals surface area contributed by atoms with Gasteiger partial charge in [0, 0.05) is 11.3 Å². The van der Waals surface area contributed by atoms with Crippen molar-refractivity contribution < 1.29 is 9.90 Å². The molecule has 0 fully saturated rings. The fraction of sp³-hybridized carbons (Fsp3) is 0.133. The van der Waals surface area contributed by atoms with Crippen LogP contribution in [0.1, 0.15) is 21.7 Å². The van der Waals surface area contributed by atoms with E-state index in [-0.39, 0.29) is 5.75 Å². The van der Waals surface area contributed by atoms with E-state index in [2.05, 4.69) is 9.97 Å². The largest absolute Gasteiger partial charge is 0.506 e. The van der Waals surface area contributed by atoms with E-state index in [1.54, 1.807) is 34.9 Å². The second-order valence-electron chi connectivity index (χ2n) is 4.84. The summed E-state index contributed by atoms with van der Waals surface area (Å²) in [7, 11) is 0. The molecule has 2 aromatic heterocycles. The topological polar surface area (TPSA) is 94.0 Å². The number of carbonyl (C=O) groups excluding carboxylic acids is 1. The van der Waals surface area contributed by atoms with Crippen LogP contribution in [0.3, 0.4) is 0 Å². The number of benzene rings is 1. The van der Waals surface area contributed by atoms with Crippen LogP contribution in [-0.4, -0.2) is 25.9 Å². The summed E-state index contributed by atoms with van der Waals surface area (Å²) >= 11 is 0. The van der Waals surface area contributed by atoms with E-state index in [0.29, 0.717) is 29.3 Å². The van der Waals surface area contributed by atoms with E-state index < -0.39 is 0 Å². The van der Waals surface area contributed by atoms with Crippen molar-refractivity contribution in [3.63, 3.8) is 0 Å². The van der Waals surface area contributed by atoms with Gasteiger partial charge >= 0.3 is 0 Å². The molecule has 0 atom stereocenters. The number of hydrogen-bond donors (Lipinski definition) is 2. The van der Waals surface area contributed by atoms with E-state index in [1.807, 2.05) is 6.92 Å². The molecule has 6 nitrogen and oxygen atoms in total. The minimum absolute atomic E-state index is 0.117. The monoisotopic (exact) mass is 282 g/mol. The first kappa shape index (κ1) is 13.1. The van der Waals surface area contributed by atoms with Crippen molar-refractivity contribution in [1.29, 1.82) is 0 Å². The lowest BCUT2D eigenvalue weighted by Gasteiger charge is -2.08. The maximum atomic E-state index is 10.8. The lowest BCUT2D eigenvalue weighted by Crippen LogP contribution is -2.06. The Bertz CT molecular complexity index is 839. The molecule has 0 saturated heterocycles. The van der Waals surface area contributed by atoms with Gasteiger partial charge in [-0.3, -0.25) is 9.78 Å². The molecule has 0 aliphatic rings. The molecule has 0 bridgehead atoms. The van der Waals surface area contributed by atoms with Gasteiger partial charge in [0.1, 0.15) is 17.7 Å². The third-order valence-electron chi connectivity index (χ3n) is 3.34. The van der Waals surface area contributed by atoms with Crippen LogP contribution in [0, 0.1) is 6.92 Å². The fourth-order valence-corrected chi connectivity index (χ4v) is 2.27. The zero-order chi connectivity index (χ0) is 15.0. The summed E-state index contributed by atoms with van der Waals surface area (Å²) in [6, 6.07) is 8.52. The molecule has 2 heterocycles. The number of carbonyl (C=O) groups is 1. The Hall–Kier alpha value is -2.89. The Morgan fingerprint density at radius 1 is 1.29 bits per heavy atom. The molecule has 0 spiro atoms. The molecule has 0 unspecified atom stereocenters. The molecule has 3 N–H and O–H groups in total. The molecule has 0 aliphatic heterocycles. The van der Waals surface area contributed by atoms with Gasteiger partial charge in [-0.15, -0.1) is 0 Å². The SMILES string of the molecule is Cc1ccc(O)c(Cn2c(N)nc3cc(C=O)ccc32)n1. The number of rotatable bonds is 3. The average molecular weight is 282 g/mol. The average Bonchev–Trinajstić information content (AvgIpc) is 2.78. The Labute approximate surface area is 120 Å². The minimum Gasteiger partial charge on any atom is -0.506 e. The molecular formula is C15H14N4O2. The van der Waals surface area contributed by atoms with Crippen LogP contribution in [0.15, 0.2) is 30.3 Å². The second-order valence-corrected chi connectivity index (χ2v) is 4.84. The van der Waals surface area contributed by atoms with Gasteiger partial charge in [-0.2, -0.15) is 0 Å². The van der Waals surface area contributed by atoms with E-state index in [0.717, 1.165) is 17.5 Å². The van der Waals surface area contributed by atoms with E-state index >= 15 is 0 Å². The summed E-state index contributed by atoms with van der Waals surface area (Å²) in [5.41, 5.74) is 9.26. The van der Waals surface area contributed by atoms with Gasteiger partial charge in [0.05, 0.1) is 17.6 Å². The van der Waals surface area contributed by atoms with Crippen molar-refractivity contribution in [3.8, 4) is 5.75 Å². The maximum absolute atomic E-state index is 10.8. The predicted molar refractivity (Wildman–Crippen MR) is 79.3 cm³/mol. The first-order chi connectivity index (χ1) is 10.1. The summed E-state index contributed by atoms with van der Waals surface area (Å²) in [5, 5.41) is 9.90. The van der Waals surface area contributed by atoms with E-state index in [1.165, 1.54) is 0 Å². The van der Waals surface area contributed by atoms with Crippen molar-refractivity contribution in [3.05, 3.63) is 47.3 Å². The highest BCUT2D eigenvalue weighted by atomic mass is 16.3.